The van der Waals surface area contributed by atoms with Gasteiger partial charge in [0.05, 0.1) is 11.8 Å². The highest BCUT2D eigenvalue weighted by molar-refractivity contribution is 7.10. The van der Waals surface area contributed by atoms with E-state index in [-0.39, 0.29) is 11.2 Å². The van der Waals surface area contributed by atoms with Crippen molar-refractivity contribution in [1.82, 2.24) is 4.98 Å². The monoisotopic (exact) mass is 236 g/mol. The molecule has 0 fully saturated rings. The number of thiazole rings is 1. The zero-order valence-electron chi connectivity index (χ0n) is 10.1. The second kappa shape index (κ2) is 4.75. The molecule has 0 aromatic carbocycles. The lowest BCUT2D eigenvalue weighted by molar-refractivity contribution is -0.119. The lowest BCUT2D eigenvalue weighted by Crippen LogP contribution is -2.13. The summed E-state index contributed by atoms with van der Waals surface area (Å²) in [4.78, 5) is 15.9. The molecule has 0 spiro atoms. The number of rotatable bonds is 3. The van der Waals surface area contributed by atoms with Crippen LogP contribution in [0, 0.1) is 11.3 Å². The van der Waals surface area contributed by atoms with E-state index in [1.54, 1.807) is 6.92 Å². The van der Waals surface area contributed by atoms with Gasteiger partial charge in [-0.25, -0.2) is 4.98 Å². The van der Waals surface area contributed by atoms with Crippen molar-refractivity contribution in [2.45, 2.75) is 45.4 Å². The van der Waals surface area contributed by atoms with Crippen molar-refractivity contribution in [2.24, 2.45) is 0 Å². The topological polar surface area (TPSA) is 53.8 Å². The molecule has 1 atom stereocenters. The van der Waals surface area contributed by atoms with E-state index in [9.17, 15) is 4.79 Å². The Balaban J connectivity index is 3.02. The van der Waals surface area contributed by atoms with Crippen LogP contribution in [0.3, 0.4) is 0 Å². The Hall–Kier alpha value is -1.21. The van der Waals surface area contributed by atoms with Crippen LogP contribution < -0.4 is 0 Å². The van der Waals surface area contributed by atoms with Gasteiger partial charge in [-0.05, 0) is 0 Å². The third kappa shape index (κ3) is 2.67. The minimum absolute atomic E-state index is 0.0377. The summed E-state index contributed by atoms with van der Waals surface area (Å²) in [7, 11) is 0. The predicted molar refractivity (Wildman–Crippen MR) is 64.5 cm³/mol. The van der Waals surface area contributed by atoms with E-state index >= 15 is 0 Å². The van der Waals surface area contributed by atoms with Gasteiger partial charge in [-0.1, -0.05) is 27.7 Å². The molecule has 0 radical (unpaired) electrons. The molecule has 0 aliphatic heterocycles. The van der Waals surface area contributed by atoms with E-state index in [4.69, 9.17) is 5.26 Å². The molecule has 0 N–H and O–H groups in total. The second-order valence-electron chi connectivity index (χ2n) is 4.70. The van der Waals surface area contributed by atoms with Crippen LogP contribution in [0.4, 0.5) is 0 Å². The van der Waals surface area contributed by atoms with E-state index < -0.39 is 5.92 Å². The molecular formula is C12H16N2OS. The summed E-state index contributed by atoms with van der Waals surface area (Å²) in [6, 6.07) is 2.03. The molecule has 1 aromatic rings. The number of carbonyl (C=O) groups excluding carboxylic acids is 1. The van der Waals surface area contributed by atoms with Gasteiger partial charge < -0.3 is 0 Å². The molecule has 0 aliphatic carbocycles. The maximum Gasteiger partial charge on any atom is 0.156 e. The van der Waals surface area contributed by atoms with Crippen molar-refractivity contribution in [3.05, 3.63) is 16.1 Å². The molecule has 86 valence electrons. The molecular weight excluding hydrogens is 220 g/mol. The molecule has 1 unspecified atom stereocenters. The minimum atomic E-state index is -0.689. The molecule has 1 aromatic heterocycles. The lowest BCUT2D eigenvalue weighted by atomic mass is 9.93. The summed E-state index contributed by atoms with van der Waals surface area (Å²) >= 11 is 1.40. The molecule has 3 nitrogen and oxygen atoms in total. The van der Waals surface area contributed by atoms with E-state index in [0.29, 0.717) is 11.4 Å². The summed E-state index contributed by atoms with van der Waals surface area (Å²) in [6.07, 6.45) is 0.378. The Morgan fingerprint density at radius 3 is 2.62 bits per heavy atom. The maximum atomic E-state index is 11.5. The highest BCUT2D eigenvalue weighted by atomic mass is 32.1. The van der Waals surface area contributed by atoms with Crippen LogP contribution in [0.2, 0.25) is 0 Å². The van der Waals surface area contributed by atoms with Gasteiger partial charge in [0.15, 0.2) is 11.7 Å². The lowest BCUT2D eigenvalue weighted by Gasteiger charge is -2.14. The number of hydrogen-bond donors (Lipinski definition) is 0. The van der Waals surface area contributed by atoms with Gasteiger partial charge in [-0.3, -0.25) is 4.79 Å². The molecule has 4 heteroatoms. The fraction of sp³-hybridized carbons (Fsp3) is 0.583. The smallest absolute Gasteiger partial charge is 0.156 e. The van der Waals surface area contributed by atoms with Crippen molar-refractivity contribution in [1.29, 1.82) is 5.26 Å². The molecule has 0 amide bonds. The Morgan fingerprint density at radius 2 is 2.25 bits per heavy atom. The molecule has 16 heavy (non-hydrogen) atoms. The van der Waals surface area contributed by atoms with Crippen LogP contribution in [0.25, 0.3) is 0 Å². The zero-order chi connectivity index (χ0) is 12.3. The molecule has 0 saturated heterocycles. The van der Waals surface area contributed by atoms with Crippen LogP contribution in [0.5, 0.6) is 0 Å². The summed E-state index contributed by atoms with van der Waals surface area (Å²) in [5.41, 5.74) is 0.904. The maximum absolute atomic E-state index is 11.5. The number of nitriles is 1. The highest BCUT2D eigenvalue weighted by Gasteiger charge is 2.24. The third-order valence-corrected chi connectivity index (χ3v) is 3.25. The fourth-order valence-electron chi connectivity index (χ4n) is 1.23. The Kier molecular flexibility index (Phi) is 3.82. The van der Waals surface area contributed by atoms with Crippen molar-refractivity contribution in [2.75, 3.05) is 0 Å². The predicted octanol–water partition coefficient (Wildman–Crippen LogP) is 3.03. The first-order chi connectivity index (χ1) is 7.40. The van der Waals surface area contributed by atoms with Crippen LogP contribution in [0.1, 0.15) is 50.7 Å². The third-order valence-electron chi connectivity index (χ3n) is 2.34. The summed E-state index contributed by atoms with van der Waals surface area (Å²) in [5, 5.41) is 11.5. The standard InChI is InChI=1S/C12H16N2OS/c1-5-9(15)8(6-13)11-14-10(7-16-11)12(2,3)4/h7-8H,5H2,1-4H3. The number of ketones is 1. The Labute approximate surface area is 100 Å². The molecule has 0 aliphatic rings. The van der Waals surface area contributed by atoms with Gasteiger partial charge in [0.25, 0.3) is 0 Å². The largest absolute Gasteiger partial charge is 0.298 e. The molecule has 0 saturated carbocycles. The van der Waals surface area contributed by atoms with E-state index in [0.717, 1.165) is 5.69 Å². The van der Waals surface area contributed by atoms with Gasteiger partial charge >= 0.3 is 0 Å². The quantitative estimate of drug-likeness (QED) is 0.810. The van der Waals surface area contributed by atoms with E-state index in [2.05, 4.69) is 25.8 Å². The zero-order valence-corrected chi connectivity index (χ0v) is 10.9. The van der Waals surface area contributed by atoms with Crippen LogP contribution in [-0.2, 0) is 10.2 Å². The number of nitrogens with zero attached hydrogens (tertiary/aromatic N) is 2. The Bertz CT molecular complexity index is 423. The number of Topliss-reactive ketones (excluding diaryl/α,β-unsaturated/α-hetero) is 1. The fourth-order valence-corrected chi connectivity index (χ4v) is 2.34. The van der Waals surface area contributed by atoms with Crippen LogP contribution >= 0.6 is 11.3 Å². The van der Waals surface area contributed by atoms with Crippen LogP contribution in [0.15, 0.2) is 5.38 Å². The second-order valence-corrected chi connectivity index (χ2v) is 5.59. The van der Waals surface area contributed by atoms with E-state index in [1.165, 1.54) is 11.3 Å². The summed E-state index contributed by atoms with van der Waals surface area (Å²) in [6.45, 7) is 7.96. The van der Waals surface area contributed by atoms with Crippen molar-refractivity contribution < 1.29 is 4.79 Å². The molecule has 1 rings (SSSR count). The van der Waals surface area contributed by atoms with Gasteiger partial charge in [0.1, 0.15) is 5.01 Å². The molecule has 0 bridgehead atoms. The average Bonchev–Trinajstić information content (AvgIpc) is 2.67. The molecule has 1 heterocycles. The Morgan fingerprint density at radius 1 is 1.62 bits per heavy atom. The van der Waals surface area contributed by atoms with Crippen molar-refractivity contribution >= 4 is 17.1 Å². The van der Waals surface area contributed by atoms with E-state index in [1.807, 2.05) is 11.4 Å². The van der Waals surface area contributed by atoms with Crippen LogP contribution in [-0.4, -0.2) is 10.8 Å². The van der Waals surface area contributed by atoms with Gasteiger partial charge in [0, 0.05) is 17.2 Å². The average molecular weight is 236 g/mol. The first-order valence-corrected chi connectivity index (χ1v) is 6.16. The van der Waals surface area contributed by atoms with Gasteiger partial charge in [-0.2, -0.15) is 5.26 Å². The number of aromatic nitrogens is 1. The number of hydrogen-bond acceptors (Lipinski definition) is 4. The van der Waals surface area contributed by atoms with Crippen molar-refractivity contribution in [3.63, 3.8) is 0 Å². The first-order valence-electron chi connectivity index (χ1n) is 5.28. The normalized spacial score (nSPS) is 13.2. The SMILES string of the molecule is CCC(=O)C(C#N)c1nc(C(C)(C)C)cs1. The van der Waals surface area contributed by atoms with Gasteiger partial charge in [-0.15, -0.1) is 11.3 Å². The summed E-state index contributed by atoms with van der Waals surface area (Å²) < 4.78 is 0. The highest BCUT2D eigenvalue weighted by Crippen LogP contribution is 2.28. The van der Waals surface area contributed by atoms with Gasteiger partial charge in [0.2, 0.25) is 0 Å². The first kappa shape index (κ1) is 12.9. The number of carbonyl (C=O) groups is 1. The summed E-state index contributed by atoms with van der Waals surface area (Å²) in [5.74, 6) is -0.747. The minimum Gasteiger partial charge on any atom is -0.298 e. The van der Waals surface area contributed by atoms with Crippen molar-refractivity contribution in [3.8, 4) is 6.07 Å².